The average Bonchev–Trinajstić information content (AvgIpc) is 3.24. The first-order valence-corrected chi connectivity index (χ1v) is 14.2. The lowest BCUT2D eigenvalue weighted by molar-refractivity contribution is -0.172. The molecule has 43 heavy (non-hydrogen) atoms. The third kappa shape index (κ3) is 11.7. The van der Waals surface area contributed by atoms with Crippen LogP contribution in [0.4, 0.5) is 0 Å². The molecule has 1 aromatic carbocycles. The first-order valence-electron chi connectivity index (χ1n) is 14.2. The summed E-state index contributed by atoms with van der Waals surface area (Å²) in [4.78, 5) is 82.8. The lowest BCUT2D eigenvalue weighted by atomic mass is 10.1. The van der Waals surface area contributed by atoms with Gasteiger partial charge in [0.15, 0.2) is 0 Å². The summed E-state index contributed by atoms with van der Waals surface area (Å²) in [7, 11) is 0. The number of carboxylic acid groups (broad SMARTS) is 3. The summed E-state index contributed by atoms with van der Waals surface area (Å²) >= 11 is 0. The van der Waals surface area contributed by atoms with Gasteiger partial charge in [0, 0.05) is 45.6 Å². The van der Waals surface area contributed by atoms with E-state index in [-0.39, 0.29) is 44.7 Å². The summed E-state index contributed by atoms with van der Waals surface area (Å²) in [6, 6.07) is 6.43. The maximum Gasteiger partial charge on any atom is 0.363 e. The maximum atomic E-state index is 12.5. The van der Waals surface area contributed by atoms with Gasteiger partial charge < -0.3 is 20.2 Å². The van der Waals surface area contributed by atoms with E-state index in [9.17, 15) is 44.1 Å². The second-order valence-corrected chi connectivity index (χ2v) is 10.7. The van der Waals surface area contributed by atoms with Crippen molar-refractivity contribution in [3.05, 3.63) is 35.4 Å². The first kappa shape index (κ1) is 33.6. The lowest BCUT2D eigenvalue weighted by Gasteiger charge is -2.32. The van der Waals surface area contributed by atoms with Crippen LogP contribution in [0.1, 0.15) is 48.0 Å². The molecule has 2 fully saturated rings. The number of hydrogen-bond acceptors (Lipinski definition) is 11. The van der Waals surface area contributed by atoms with Crippen LogP contribution in [0, 0.1) is 0 Å². The molecular weight excluding hydrogens is 566 g/mol. The van der Waals surface area contributed by atoms with Crippen LogP contribution in [0.3, 0.4) is 0 Å². The molecule has 0 aromatic heterocycles. The third-order valence-corrected chi connectivity index (χ3v) is 7.13. The van der Waals surface area contributed by atoms with Crippen molar-refractivity contribution in [1.82, 2.24) is 24.7 Å². The van der Waals surface area contributed by atoms with Gasteiger partial charge in [-0.2, -0.15) is 0 Å². The van der Waals surface area contributed by atoms with E-state index in [4.69, 9.17) is 4.84 Å². The molecule has 0 spiro atoms. The number of carbonyl (C=O) groups excluding carboxylic acids is 3. The van der Waals surface area contributed by atoms with E-state index < -0.39 is 35.7 Å². The van der Waals surface area contributed by atoms with Crippen LogP contribution >= 0.6 is 0 Å². The van der Waals surface area contributed by atoms with Crippen LogP contribution in [-0.2, 0) is 35.4 Å². The molecule has 2 aliphatic rings. The lowest BCUT2D eigenvalue weighted by Crippen LogP contribution is -2.45. The van der Waals surface area contributed by atoms with Gasteiger partial charge in [-0.1, -0.05) is 12.1 Å². The second kappa shape index (κ2) is 16.6. The zero-order chi connectivity index (χ0) is 31.4. The summed E-state index contributed by atoms with van der Waals surface area (Å²) in [5.74, 6) is -4.89. The highest BCUT2D eigenvalue weighted by Gasteiger charge is 2.33. The average molecular weight is 606 g/mol. The molecule has 2 amide bonds. The highest BCUT2D eigenvalue weighted by molar-refractivity contribution is 6.02. The number of hydroxylamine groups is 2. The van der Waals surface area contributed by atoms with E-state index in [1.54, 1.807) is 21.9 Å². The number of aliphatic carboxylic acids is 3. The number of carboxylic acids is 3. The summed E-state index contributed by atoms with van der Waals surface area (Å²) in [5, 5.41) is 28.7. The van der Waals surface area contributed by atoms with Crippen LogP contribution in [0.2, 0.25) is 0 Å². The van der Waals surface area contributed by atoms with Crippen molar-refractivity contribution in [3.8, 4) is 0 Å². The standard InChI is InChI=1S/C28H39N5O10/c34-23-8-9-24(35)33(23)43-28(42)22-6-4-21(5-7-22)16-32-15-14-30(18-26(38)39)13-3-12-29(17-25(36)37)10-1-2-11-31(20-32)19-27(40)41/h4-7H,1-3,8-20H2,(H,36,37)(H,38,39)(H,40,41). The molecule has 0 radical (unpaired) electrons. The Labute approximate surface area is 249 Å². The number of hydrogen-bond donors (Lipinski definition) is 3. The molecular formula is C28H39N5O10. The fraction of sp³-hybridized carbons (Fsp3) is 0.571. The third-order valence-electron chi connectivity index (χ3n) is 7.13. The van der Waals surface area contributed by atoms with Crippen molar-refractivity contribution >= 4 is 35.7 Å². The van der Waals surface area contributed by atoms with E-state index in [1.165, 1.54) is 12.1 Å². The Morgan fingerprint density at radius 3 is 1.65 bits per heavy atom. The minimum absolute atomic E-state index is 0.00710. The highest BCUT2D eigenvalue weighted by Crippen LogP contribution is 2.16. The van der Waals surface area contributed by atoms with Gasteiger partial charge in [-0.3, -0.25) is 43.6 Å². The van der Waals surface area contributed by atoms with Crippen molar-refractivity contribution in [3.63, 3.8) is 0 Å². The quantitative estimate of drug-likeness (QED) is 0.303. The molecule has 3 N–H and O–H groups in total. The van der Waals surface area contributed by atoms with Crippen molar-refractivity contribution in [2.75, 3.05) is 65.6 Å². The monoisotopic (exact) mass is 605 g/mol. The minimum Gasteiger partial charge on any atom is -0.480 e. The SMILES string of the molecule is O=C(O)CN1CCCCN(CC(=O)O)CN(Cc2ccc(C(=O)ON3C(=O)CCC3=O)cc2)CCN(CC(=O)O)CCC1. The molecule has 0 bridgehead atoms. The van der Waals surface area contributed by atoms with E-state index in [1.807, 2.05) is 9.80 Å². The van der Waals surface area contributed by atoms with Gasteiger partial charge in [-0.05, 0) is 50.0 Å². The van der Waals surface area contributed by atoms with E-state index in [2.05, 4.69) is 0 Å². The number of amides is 2. The first-order chi connectivity index (χ1) is 20.5. The Balaban J connectivity index is 1.72. The number of benzene rings is 1. The molecule has 2 heterocycles. The van der Waals surface area contributed by atoms with Gasteiger partial charge in [-0.25, -0.2) is 4.79 Å². The molecule has 3 rings (SSSR count). The molecule has 15 heteroatoms. The van der Waals surface area contributed by atoms with Crippen LogP contribution in [0.25, 0.3) is 0 Å². The van der Waals surface area contributed by atoms with Crippen molar-refractivity contribution in [1.29, 1.82) is 0 Å². The normalized spacial score (nSPS) is 19.2. The van der Waals surface area contributed by atoms with Gasteiger partial charge >= 0.3 is 23.9 Å². The Morgan fingerprint density at radius 2 is 1.09 bits per heavy atom. The zero-order valence-corrected chi connectivity index (χ0v) is 24.1. The van der Waals surface area contributed by atoms with Crippen LogP contribution < -0.4 is 0 Å². The summed E-state index contributed by atoms with van der Waals surface area (Å²) in [6.07, 6.45) is 1.92. The number of nitrogens with zero attached hydrogens (tertiary/aromatic N) is 5. The predicted octanol–water partition coefficient (Wildman–Crippen LogP) is 0.0106. The van der Waals surface area contributed by atoms with E-state index >= 15 is 0 Å². The van der Waals surface area contributed by atoms with E-state index in [0.717, 1.165) is 5.56 Å². The topological polar surface area (TPSA) is 189 Å². The van der Waals surface area contributed by atoms with E-state index in [0.29, 0.717) is 70.1 Å². The van der Waals surface area contributed by atoms with Crippen LogP contribution in [0.5, 0.6) is 0 Å². The molecule has 236 valence electrons. The smallest absolute Gasteiger partial charge is 0.363 e. The Bertz CT molecular complexity index is 1150. The minimum atomic E-state index is -0.987. The fourth-order valence-corrected chi connectivity index (χ4v) is 5.07. The summed E-state index contributed by atoms with van der Waals surface area (Å²) < 4.78 is 0. The van der Waals surface area contributed by atoms with Gasteiger partial charge in [0.05, 0.1) is 31.9 Å². The predicted molar refractivity (Wildman–Crippen MR) is 149 cm³/mol. The number of rotatable bonds is 10. The number of carbonyl (C=O) groups is 6. The highest BCUT2D eigenvalue weighted by atomic mass is 16.7. The molecule has 15 nitrogen and oxygen atoms in total. The largest absolute Gasteiger partial charge is 0.480 e. The van der Waals surface area contributed by atoms with Gasteiger partial charge in [0.25, 0.3) is 11.8 Å². The number of imide groups is 1. The van der Waals surface area contributed by atoms with Gasteiger partial charge in [0.1, 0.15) is 0 Å². The molecule has 1 aromatic rings. The van der Waals surface area contributed by atoms with Crippen molar-refractivity contribution in [2.24, 2.45) is 0 Å². The molecule has 0 aliphatic carbocycles. The second-order valence-electron chi connectivity index (χ2n) is 10.7. The fourth-order valence-electron chi connectivity index (χ4n) is 5.07. The zero-order valence-electron chi connectivity index (χ0n) is 24.1. The van der Waals surface area contributed by atoms with Crippen molar-refractivity contribution < 1.29 is 48.9 Å². The Morgan fingerprint density at radius 1 is 0.628 bits per heavy atom. The molecule has 0 atom stereocenters. The Kier molecular flexibility index (Phi) is 13.0. The molecule has 2 saturated heterocycles. The van der Waals surface area contributed by atoms with Gasteiger partial charge in [0.2, 0.25) is 0 Å². The van der Waals surface area contributed by atoms with Gasteiger partial charge in [-0.15, -0.1) is 5.06 Å². The van der Waals surface area contributed by atoms with Crippen LogP contribution in [0.15, 0.2) is 24.3 Å². The summed E-state index contributed by atoms with van der Waals surface area (Å²) in [5.41, 5.74) is 0.949. The summed E-state index contributed by atoms with van der Waals surface area (Å²) in [6.45, 7) is 2.92. The van der Waals surface area contributed by atoms with Crippen molar-refractivity contribution in [2.45, 2.75) is 38.6 Å². The molecule has 0 saturated carbocycles. The Hall–Kier alpha value is -3.92. The molecule has 0 unspecified atom stereocenters. The molecule has 2 aliphatic heterocycles. The van der Waals surface area contributed by atoms with Crippen LogP contribution in [-0.4, -0.2) is 141 Å². The maximum absolute atomic E-state index is 12.5.